The summed E-state index contributed by atoms with van der Waals surface area (Å²) in [6.45, 7) is 0. The highest BCUT2D eigenvalue weighted by atomic mass is 15.0. The molecule has 0 spiro atoms. The molecule has 0 aromatic rings. The Kier molecular flexibility index (Phi) is 2.69. The minimum Gasteiger partial charge on any atom is -0.396 e. The first kappa shape index (κ1) is 7.01. The third kappa shape index (κ3) is 3.21. The highest BCUT2D eigenvalue weighted by Gasteiger charge is 1.80. The van der Waals surface area contributed by atoms with Crippen molar-refractivity contribution in [3.05, 3.63) is 11.9 Å². The van der Waals surface area contributed by atoms with E-state index in [1.807, 2.05) is 14.1 Å². The minimum atomic E-state index is 0.468. The highest BCUT2D eigenvalue weighted by molar-refractivity contribution is 5.73. The molecule has 0 aliphatic rings. The van der Waals surface area contributed by atoms with Crippen LogP contribution in [-0.2, 0) is 0 Å². The molecule has 0 aliphatic heterocycles. The normalized spacial score (nSPS) is 11.0. The summed E-state index contributed by atoms with van der Waals surface area (Å²) < 4.78 is 0. The van der Waals surface area contributed by atoms with Gasteiger partial charge in [0.15, 0.2) is 0 Å². The number of allylic oxidation sites excluding steroid dienone is 1. The summed E-state index contributed by atoms with van der Waals surface area (Å²) in [7, 11) is 3.72. The molecule has 0 rings (SSSR count). The van der Waals surface area contributed by atoms with Crippen LogP contribution in [0.15, 0.2) is 11.9 Å². The maximum absolute atomic E-state index is 6.66. The first-order valence-corrected chi connectivity index (χ1v) is 2.31. The molecule has 8 heavy (non-hydrogen) atoms. The van der Waals surface area contributed by atoms with Crippen molar-refractivity contribution >= 4 is 6.21 Å². The van der Waals surface area contributed by atoms with E-state index >= 15 is 0 Å². The van der Waals surface area contributed by atoms with E-state index in [0.717, 1.165) is 6.21 Å². The molecular formula is C5H11N3. The van der Waals surface area contributed by atoms with Crippen LogP contribution in [0.4, 0.5) is 0 Å². The van der Waals surface area contributed by atoms with Crippen molar-refractivity contribution in [1.82, 2.24) is 4.90 Å². The minimum absolute atomic E-state index is 0.468. The number of nitrogens with one attached hydrogen (secondary N) is 1. The van der Waals surface area contributed by atoms with Gasteiger partial charge in [-0.3, -0.25) is 0 Å². The van der Waals surface area contributed by atoms with Crippen molar-refractivity contribution in [1.29, 1.82) is 5.41 Å². The fourth-order valence-corrected chi connectivity index (χ4v) is 0.335. The second-order valence-corrected chi connectivity index (χ2v) is 1.74. The zero-order valence-corrected chi connectivity index (χ0v) is 5.18. The Bertz CT molecular complexity index is 104. The number of hydrogen-bond acceptors (Lipinski definition) is 3. The van der Waals surface area contributed by atoms with Gasteiger partial charge in [-0.25, -0.2) is 0 Å². The zero-order valence-electron chi connectivity index (χ0n) is 5.18. The Morgan fingerprint density at radius 1 is 1.62 bits per heavy atom. The monoisotopic (exact) mass is 113 g/mol. The maximum Gasteiger partial charge on any atom is 0.0654 e. The molecule has 0 aromatic carbocycles. The summed E-state index contributed by atoms with van der Waals surface area (Å²) in [4.78, 5) is 1.79. The average Bonchev–Trinajstić information content (AvgIpc) is 1.65. The average molecular weight is 113 g/mol. The van der Waals surface area contributed by atoms with Crippen molar-refractivity contribution in [2.24, 2.45) is 5.73 Å². The first-order valence-electron chi connectivity index (χ1n) is 2.31. The van der Waals surface area contributed by atoms with Crippen molar-refractivity contribution in [2.75, 3.05) is 14.1 Å². The Balaban J connectivity index is 3.74. The molecule has 3 N–H and O–H groups in total. The Labute approximate surface area is 49.3 Å². The number of rotatable bonds is 2. The third-order valence-corrected chi connectivity index (χ3v) is 0.574. The van der Waals surface area contributed by atoms with Crippen LogP contribution < -0.4 is 5.73 Å². The topological polar surface area (TPSA) is 53.1 Å². The number of nitrogens with two attached hydrogens (primary N) is 1. The molecule has 0 aromatic heterocycles. The summed E-state index contributed by atoms with van der Waals surface area (Å²) in [5.41, 5.74) is 5.72. The van der Waals surface area contributed by atoms with Crippen LogP contribution in [0.25, 0.3) is 0 Å². The van der Waals surface area contributed by atoms with Crippen molar-refractivity contribution in [3.8, 4) is 0 Å². The standard InChI is InChI=1S/C5H11N3/c1-8(2)4-5(7)3-6/h3-4,6H,7H2,1-2H3/b5-4+,6-3?. The lowest BCUT2D eigenvalue weighted by Gasteiger charge is -2.03. The molecule has 0 amide bonds. The summed E-state index contributed by atoms with van der Waals surface area (Å²) in [5, 5.41) is 6.66. The van der Waals surface area contributed by atoms with Gasteiger partial charge in [0.1, 0.15) is 0 Å². The van der Waals surface area contributed by atoms with Crippen LogP contribution >= 0.6 is 0 Å². The van der Waals surface area contributed by atoms with E-state index in [1.54, 1.807) is 11.1 Å². The van der Waals surface area contributed by atoms with Gasteiger partial charge in [0.05, 0.1) is 5.70 Å². The molecule has 0 saturated heterocycles. The predicted molar refractivity (Wildman–Crippen MR) is 34.7 cm³/mol. The van der Waals surface area contributed by atoms with Crippen LogP contribution in [-0.4, -0.2) is 25.2 Å². The molecule has 0 saturated carbocycles. The van der Waals surface area contributed by atoms with Gasteiger partial charge in [0.25, 0.3) is 0 Å². The zero-order chi connectivity index (χ0) is 6.57. The molecule has 0 aliphatic carbocycles. The van der Waals surface area contributed by atoms with Gasteiger partial charge in [-0.15, -0.1) is 0 Å². The summed E-state index contributed by atoms with van der Waals surface area (Å²) in [6, 6.07) is 0. The molecule has 0 radical (unpaired) electrons. The predicted octanol–water partition coefficient (Wildman–Crippen LogP) is -0.00233. The van der Waals surface area contributed by atoms with Gasteiger partial charge in [0.2, 0.25) is 0 Å². The Hall–Kier alpha value is -0.990. The molecule has 0 bridgehead atoms. The largest absolute Gasteiger partial charge is 0.396 e. The second-order valence-electron chi connectivity index (χ2n) is 1.74. The molecule has 0 fully saturated rings. The lowest BCUT2D eigenvalue weighted by atomic mass is 10.5. The quantitative estimate of drug-likeness (QED) is 0.495. The van der Waals surface area contributed by atoms with E-state index in [1.165, 1.54) is 0 Å². The fraction of sp³-hybridized carbons (Fsp3) is 0.400. The molecule has 3 heteroatoms. The van der Waals surface area contributed by atoms with Crippen LogP contribution in [0, 0.1) is 5.41 Å². The van der Waals surface area contributed by atoms with Gasteiger partial charge in [-0.1, -0.05) is 0 Å². The molecule has 46 valence electrons. The smallest absolute Gasteiger partial charge is 0.0654 e. The van der Waals surface area contributed by atoms with Crippen LogP contribution in [0.2, 0.25) is 0 Å². The van der Waals surface area contributed by atoms with Crippen molar-refractivity contribution in [2.45, 2.75) is 0 Å². The Morgan fingerprint density at radius 3 is 2.25 bits per heavy atom. The molecule has 3 nitrogen and oxygen atoms in total. The maximum atomic E-state index is 6.66. The van der Waals surface area contributed by atoms with E-state index in [9.17, 15) is 0 Å². The van der Waals surface area contributed by atoms with E-state index < -0.39 is 0 Å². The van der Waals surface area contributed by atoms with Crippen molar-refractivity contribution in [3.63, 3.8) is 0 Å². The van der Waals surface area contributed by atoms with Crippen LogP contribution in [0.3, 0.4) is 0 Å². The van der Waals surface area contributed by atoms with Gasteiger partial charge in [0, 0.05) is 26.5 Å². The fourth-order valence-electron chi connectivity index (χ4n) is 0.335. The lowest BCUT2D eigenvalue weighted by Crippen LogP contribution is -2.07. The molecule has 0 heterocycles. The summed E-state index contributed by atoms with van der Waals surface area (Å²) in [6.07, 6.45) is 2.78. The SMILES string of the molecule is CN(C)/C=C(/N)C=N. The molecule has 0 atom stereocenters. The lowest BCUT2D eigenvalue weighted by molar-refractivity contribution is 0.560. The summed E-state index contributed by atoms with van der Waals surface area (Å²) >= 11 is 0. The van der Waals surface area contributed by atoms with Gasteiger partial charge < -0.3 is 16.0 Å². The molecular weight excluding hydrogens is 102 g/mol. The van der Waals surface area contributed by atoms with E-state index in [-0.39, 0.29) is 0 Å². The van der Waals surface area contributed by atoms with Gasteiger partial charge in [-0.2, -0.15) is 0 Å². The third-order valence-electron chi connectivity index (χ3n) is 0.574. The van der Waals surface area contributed by atoms with Crippen LogP contribution in [0.5, 0.6) is 0 Å². The van der Waals surface area contributed by atoms with Gasteiger partial charge >= 0.3 is 0 Å². The highest BCUT2D eigenvalue weighted by Crippen LogP contribution is 1.79. The van der Waals surface area contributed by atoms with E-state index in [4.69, 9.17) is 11.1 Å². The summed E-state index contributed by atoms with van der Waals surface area (Å²) in [5.74, 6) is 0. The van der Waals surface area contributed by atoms with Gasteiger partial charge in [-0.05, 0) is 0 Å². The van der Waals surface area contributed by atoms with E-state index in [0.29, 0.717) is 5.70 Å². The van der Waals surface area contributed by atoms with Crippen LogP contribution in [0.1, 0.15) is 0 Å². The molecule has 0 unspecified atom stereocenters. The number of nitrogens with zero attached hydrogens (tertiary/aromatic N) is 1. The number of hydrogen-bond donors (Lipinski definition) is 2. The first-order chi connectivity index (χ1) is 3.66. The van der Waals surface area contributed by atoms with E-state index in [2.05, 4.69) is 0 Å². The second kappa shape index (κ2) is 3.07. The van der Waals surface area contributed by atoms with Crippen molar-refractivity contribution < 1.29 is 0 Å². The Morgan fingerprint density at radius 2 is 2.12 bits per heavy atom.